The maximum Gasteiger partial charge on any atom is 0.416 e. The number of halogens is 4. The van der Waals surface area contributed by atoms with Crippen molar-refractivity contribution in [3.05, 3.63) is 40.1 Å². The zero-order valence-corrected chi connectivity index (χ0v) is 13.0. The van der Waals surface area contributed by atoms with Gasteiger partial charge >= 0.3 is 6.18 Å². The summed E-state index contributed by atoms with van der Waals surface area (Å²) < 4.78 is 40.3. The Labute approximate surface area is 128 Å². The molecule has 114 valence electrons. The van der Waals surface area contributed by atoms with Crippen molar-refractivity contribution in [3.8, 4) is 5.69 Å². The molecule has 0 saturated heterocycles. The number of rotatable bonds is 4. The van der Waals surface area contributed by atoms with E-state index in [1.165, 1.54) is 10.9 Å². The summed E-state index contributed by atoms with van der Waals surface area (Å²) in [7, 11) is 0. The van der Waals surface area contributed by atoms with Gasteiger partial charge in [-0.15, -0.1) is 5.10 Å². The lowest BCUT2D eigenvalue weighted by atomic mass is 10.2. The third-order valence-electron chi connectivity index (χ3n) is 2.77. The summed E-state index contributed by atoms with van der Waals surface area (Å²) >= 11 is 3.10. The summed E-state index contributed by atoms with van der Waals surface area (Å²) in [5.41, 5.74) is 0.273. The van der Waals surface area contributed by atoms with Crippen LogP contribution >= 0.6 is 15.9 Å². The second-order valence-corrected chi connectivity index (χ2v) is 5.78. The minimum absolute atomic E-state index is 0.251. The van der Waals surface area contributed by atoms with E-state index >= 15 is 0 Å². The third-order valence-corrected chi connectivity index (χ3v) is 3.22. The van der Waals surface area contributed by atoms with Gasteiger partial charge in [0, 0.05) is 17.1 Å². The summed E-state index contributed by atoms with van der Waals surface area (Å²) in [5.74, 6) is 0. The van der Waals surface area contributed by atoms with Crippen molar-refractivity contribution in [1.29, 1.82) is 0 Å². The predicted octanol–water partition coefficient (Wildman–Crippen LogP) is 3.55. The van der Waals surface area contributed by atoms with E-state index in [9.17, 15) is 13.2 Å². The average molecular weight is 363 g/mol. The molecule has 0 amide bonds. The fraction of sp³-hybridized carbons (Fsp3) is 0.385. The van der Waals surface area contributed by atoms with Gasteiger partial charge in [-0.25, -0.2) is 4.68 Å². The quantitative estimate of drug-likeness (QED) is 0.904. The highest BCUT2D eigenvalue weighted by molar-refractivity contribution is 9.10. The van der Waals surface area contributed by atoms with Crippen LogP contribution in [0, 0.1) is 0 Å². The first-order valence-corrected chi connectivity index (χ1v) is 7.08. The molecule has 8 heteroatoms. The van der Waals surface area contributed by atoms with E-state index < -0.39 is 11.7 Å². The van der Waals surface area contributed by atoms with Crippen LogP contribution < -0.4 is 5.32 Å². The minimum Gasteiger partial charge on any atom is -0.309 e. The molecular formula is C13H14BrF3N4. The number of nitrogens with zero attached hydrogens (tertiary/aromatic N) is 3. The van der Waals surface area contributed by atoms with Crippen molar-refractivity contribution < 1.29 is 13.2 Å². The minimum atomic E-state index is -4.41. The second-order valence-electron chi connectivity index (χ2n) is 4.87. The molecule has 0 aliphatic carbocycles. The summed E-state index contributed by atoms with van der Waals surface area (Å²) in [5, 5.41) is 10.8. The van der Waals surface area contributed by atoms with Crippen molar-refractivity contribution in [2.24, 2.45) is 0 Å². The molecule has 1 N–H and O–H groups in total. The molecule has 0 atom stereocenters. The van der Waals surface area contributed by atoms with Gasteiger partial charge in [0.2, 0.25) is 0 Å². The molecule has 1 aromatic carbocycles. The monoisotopic (exact) mass is 362 g/mol. The molecule has 1 aromatic heterocycles. The van der Waals surface area contributed by atoms with Crippen molar-refractivity contribution in [3.63, 3.8) is 0 Å². The topological polar surface area (TPSA) is 42.7 Å². The largest absolute Gasteiger partial charge is 0.416 e. The van der Waals surface area contributed by atoms with Crippen molar-refractivity contribution in [2.45, 2.75) is 32.6 Å². The second kappa shape index (κ2) is 6.15. The van der Waals surface area contributed by atoms with Crippen LogP contribution in [0.4, 0.5) is 13.2 Å². The van der Waals surface area contributed by atoms with E-state index in [1.54, 1.807) is 6.07 Å². The molecule has 2 aromatic rings. The molecule has 4 nitrogen and oxygen atoms in total. The number of hydrogen-bond acceptors (Lipinski definition) is 3. The lowest BCUT2D eigenvalue weighted by Crippen LogP contribution is -2.23. The normalized spacial score (nSPS) is 12.1. The Morgan fingerprint density at radius 1 is 1.29 bits per heavy atom. The first-order valence-electron chi connectivity index (χ1n) is 6.28. The molecule has 0 bridgehead atoms. The van der Waals surface area contributed by atoms with Crippen LogP contribution in [0.2, 0.25) is 0 Å². The number of alkyl halides is 3. The van der Waals surface area contributed by atoms with Gasteiger partial charge in [-0.05, 0) is 18.2 Å². The zero-order valence-electron chi connectivity index (χ0n) is 11.4. The number of aromatic nitrogens is 3. The smallest absolute Gasteiger partial charge is 0.309 e. The van der Waals surface area contributed by atoms with E-state index in [-0.39, 0.29) is 6.04 Å². The Morgan fingerprint density at radius 3 is 2.62 bits per heavy atom. The van der Waals surface area contributed by atoms with Gasteiger partial charge in [0.1, 0.15) is 0 Å². The highest BCUT2D eigenvalue weighted by atomic mass is 79.9. The zero-order chi connectivity index (χ0) is 15.6. The molecule has 0 saturated carbocycles. The summed E-state index contributed by atoms with van der Waals surface area (Å²) in [6, 6.07) is 3.91. The summed E-state index contributed by atoms with van der Waals surface area (Å²) in [4.78, 5) is 0. The van der Waals surface area contributed by atoms with Crippen LogP contribution in [-0.2, 0) is 12.7 Å². The number of benzene rings is 1. The van der Waals surface area contributed by atoms with Crippen molar-refractivity contribution in [2.75, 3.05) is 0 Å². The Hall–Kier alpha value is -1.41. The van der Waals surface area contributed by atoms with Crippen LogP contribution in [0.5, 0.6) is 0 Å². The van der Waals surface area contributed by atoms with Gasteiger partial charge in [0.05, 0.1) is 23.1 Å². The predicted molar refractivity (Wildman–Crippen MR) is 76.0 cm³/mol. The van der Waals surface area contributed by atoms with Gasteiger partial charge in [0.15, 0.2) is 0 Å². The third kappa shape index (κ3) is 4.04. The maximum atomic E-state index is 12.9. The van der Waals surface area contributed by atoms with Crippen molar-refractivity contribution >= 4 is 15.9 Å². The Balaban J connectivity index is 2.39. The molecule has 0 fully saturated rings. The van der Waals surface area contributed by atoms with E-state index in [2.05, 4.69) is 31.6 Å². The summed E-state index contributed by atoms with van der Waals surface area (Å²) in [6.07, 6.45) is -2.88. The van der Waals surface area contributed by atoms with Crippen LogP contribution in [0.3, 0.4) is 0 Å². The highest BCUT2D eigenvalue weighted by Crippen LogP contribution is 2.32. The van der Waals surface area contributed by atoms with Gasteiger partial charge in [0.25, 0.3) is 0 Å². The number of hydrogen-bond donors (Lipinski definition) is 1. The van der Waals surface area contributed by atoms with E-state index in [0.29, 0.717) is 22.4 Å². The SMILES string of the molecule is CC(C)NCc1cnnn1-c1cc(Br)cc(C(F)(F)F)c1. The molecule has 0 aliphatic heterocycles. The van der Waals surface area contributed by atoms with E-state index in [4.69, 9.17) is 0 Å². The molecule has 1 heterocycles. The average Bonchev–Trinajstić information content (AvgIpc) is 2.82. The van der Waals surface area contributed by atoms with Crippen LogP contribution in [0.15, 0.2) is 28.9 Å². The molecule has 0 spiro atoms. The van der Waals surface area contributed by atoms with Crippen molar-refractivity contribution in [1.82, 2.24) is 20.3 Å². The molecule has 2 rings (SSSR count). The fourth-order valence-electron chi connectivity index (χ4n) is 1.76. The molecule has 21 heavy (non-hydrogen) atoms. The Kier molecular flexibility index (Phi) is 4.67. The standard InChI is InChI=1S/C13H14BrF3N4/c1-8(2)18-6-12-7-19-20-21(12)11-4-9(13(15,16)17)3-10(14)5-11/h3-5,7-8,18H,6H2,1-2H3. The van der Waals surface area contributed by atoms with Gasteiger partial charge in [-0.1, -0.05) is 35.0 Å². The molecule has 0 unspecified atom stereocenters. The maximum absolute atomic E-state index is 12.9. The lowest BCUT2D eigenvalue weighted by molar-refractivity contribution is -0.137. The lowest BCUT2D eigenvalue weighted by Gasteiger charge is -2.12. The summed E-state index contributed by atoms with van der Waals surface area (Å²) in [6.45, 7) is 4.43. The van der Waals surface area contributed by atoms with E-state index in [1.807, 2.05) is 13.8 Å². The van der Waals surface area contributed by atoms with E-state index in [0.717, 1.165) is 12.1 Å². The first kappa shape index (κ1) is 16.0. The van der Waals surface area contributed by atoms with Gasteiger partial charge in [-0.3, -0.25) is 0 Å². The molecular weight excluding hydrogens is 349 g/mol. The fourth-order valence-corrected chi connectivity index (χ4v) is 2.24. The van der Waals surface area contributed by atoms with Crippen LogP contribution in [-0.4, -0.2) is 21.0 Å². The first-order chi connectivity index (χ1) is 9.77. The number of nitrogens with one attached hydrogen (secondary N) is 1. The van der Waals surface area contributed by atoms with Crippen LogP contribution in [0.25, 0.3) is 5.69 Å². The Morgan fingerprint density at radius 2 is 2.00 bits per heavy atom. The Bertz CT molecular complexity index is 622. The van der Waals surface area contributed by atoms with Gasteiger partial charge < -0.3 is 5.32 Å². The van der Waals surface area contributed by atoms with Gasteiger partial charge in [-0.2, -0.15) is 13.2 Å². The van der Waals surface area contributed by atoms with Crippen LogP contribution in [0.1, 0.15) is 25.1 Å². The molecule has 0 radical (unpaired) electrons. The highest BCUT2D eigenvalue weighted by Gasteiger charge is 2.31. The molecule has 0 aliphatic rings.